The third kappa shape index (κ3) is 4.26. The van der Waals surface area contributed by atoms with Crippen LogP contribution in [0.2, 0.25) is 0 Å². The molecule has 4 nitrogen and oxygen atoms in total. The molecule has 2 aromatic rings. The molecule has 0 aliphatic carbocycles. The van der Waals surface area contributed by atoms with Crippen molar-refractivity contribution in [3.05, 3.63) is 59.7 Å². The highest BCUT2D eigenvalue weighted by Crippen LogP contribution is 2.22. The van der Waals surface area contributed by atoms with Crippen LogP contribution in [0.1, 0.15) is 17.3 Å². The first kappa shape index (κ1) is 16.9. The number of rotatable bonds is 4. The lowest BCUT2D eigenvalue weighted by Gasteiger charge is -2.09. The van der Waals surface area contributed by atoms with E-state index in [1.165, 1.54) is 31.2 Å². The first-order valence-corrected chi connectivity index (χ1v) is 6.94. The quantitative estimate of drug-likeness (QED) is 0.483. The van der Waals surface area contributed by atoms with E-state index in [1.54, 1.807) is 0 Å². The van der Waals surface area contributed by atoms with Gasteiger partial charge in [-0.2, -0.15) is 0 Å². The summed E-state index contributed by atoms with van der Waals surface area (Å²) < 4.78 is 36.9. The number of benzene rings is 2. The number of esters is 2. The van der Waals surface area contributed by atoms with Crippen LogP contribution in [0, 0.1) is 11.6 Å². The Balaban J connectivity index is 2.17. The topological polar surface area (TPSA) is 52.6 Å². The monoisotopic (exact) mass is 340 g/mol. The second-order valence-electron chi connectivity index (χ2n) is 4.50. The molecule has 0 fully saturated rings. The summed E-state index contributed by atoms with van der Waals surface area (Å²) in [5.41, 5.74) is -0.802. The SMILES string of the molecule is CC(Cl)C(=O)Oc1cccc(OC(=O)c2c(F)cccc2F)c1. The van der Waals surface area contributed by atoms with Gasteiger partial charge in [0.25, 0.3) is 0 Å². The van der Waals surface area contributed by atoms with E-state index in [9.17, 15) is 18.4 Å². The number of hydrogen-bond donors (Lipinski definition) is 0. The first-order valence-electron chi connectivity index (χ1n) is 6.50. The van der Waals surface area contributed by atoms with Gasteiger partial charge >= 0.3 is 11.9 Å². The van der Waals surface area contributed by atoms with Crippen LogP contribution < -0.4 is 9.47 Å². The zero-order valence-electron chi connectivity index (χ0n) is 11.9. The van der Waals surface area contributed by atoms with Crippen molar-refractivity contribution in [2.75, 3.05) is 0 Å². The summed E-state index contributed by atoms with van der Waals surface area (Å²) in [6.07, 6.45) is 0. The second-order valence-corrected chi connectivity index (χ2v) is 5.15. The van der Waals surface area contributed by atoms with E-state index in [-0.39, 0.29) is 11.5 Å². The van der Waals surface area contributed by atoms with Crippen LogP contribution in [0.3, 0.4) is 0 Å². The molecule has 23 heavy (non-hydrogen) atoms. The maximum Gasteiger partial charge on any atom is 0.349 e. The Morgan fingerprint density at radius 1 is 1.00 bits per heavy atom. The lowest BCUT2D eigenvalue weighted by molar-refractivity contribution is -0.133. The van der Waals surface area contributed by atoms with Crippen LogP contribution in [0.4, 0.5) is 8.78 Å². The highest BCUT2D eigenvalue weighted by Gasteiger charge is 2.19. The summed E-state index contributed by atoms with van der Waals surface area (Å²) in [6.45, 7) is 1.44. The van der Waals surface area contributed by atoms with Gasteiger partial charge in [0.15, 0.2) is 0 Å². The van der Waals surface area contributed by atoms with Gasteiger partial charge in [-0.1, -0.05) is 12.1 Å². The van der Waals surface area contributed by atoms with Crippen LogP contribution >= 0.6 is 11.6 Å². The molecule has 0 N–H and O–H groups in total. The Bertz CT molecular complexity index is 726. The van der Waals surface area contributed by atoms with Crippen LogP contribution in [0.15, 0.2) is 42.5 Å². The smallest absolute Gasteiger partial charge is 0.349 e. The molecule has 0 heterocycles. The zero-order chi connectivity index (χ0) is 17.0. The number of halogens is 3. The Morgan fingerprint density at radius 2 is 1.52 bits per heavy atom. The second kappa shape index (κ2) is 7.19. The average Bonchev–Trinajstić information content (AvgIpc) is 2.47. The molecule has 0 aliphatic rings. The average molecular weight is 341 g/mol. The van der Waals surface area contributed by atoms with Crippen molar-refractivity contribution in [2.24, 2.45) is 0 Å². The number of carbonyl (C=O) groups excluding carboxylic acids is 2. The fourth-order valence-corrected chi connectivity index (χ4v) is 1.69. The molecular formula is C16H11ClF2O4. The van der Waals surface area contributed by atoms with Crippen molar-refractivity contribution in [1.82, 2.24) is 0 Å². The third-order valence-electron chi connectivity index (χ3n) is 2.73. The summed E-state index contributed by atoms with van der Waals surface area (Å²) in [5, 5.41) is -0.853. The molecule has 7 heteroatoms. The highest BCUT2D eigenvalue weighted by atomic mass is 35.5. The molecule has 0 aromatic heterocycles. The fraction of sp³-hybridized carbons (Fsp3) is 0.125. The van der Waals surface area contributed by atoms with Gasteiger partial charge in [0.05, 0.1) is 0 Å². The van der Waals surface area contributed by atoms with Crippen molar-refractivity contribution in [1.29, 1.82) is 0 Å². The van der Waals surface area contributed by atoms with E-state index in [1.807, 2.05) is 0 Å². The van der Waals surface area contributed by atoms with Crippen molar-refractivity contribution in [2.45, 2.75) is 12.3 Å². The largest absolute Gasteiger partial charge is 0.425 e. The van der Waals surface area contributed by atoms with Crippen LogP contribution in [0.5, 0.6) is 11.5 Å². The molecule has 120 valence electrons. The molecule has 2 aromatic carbocycles. The molecule has 0 spiro atoms. The first-order chi connectivity index (χ1) is 10.9. The zero-order valence-corrected chi connectivity index (χ0v) is 12.6. The molecule has 0 aliphatic heterocycles. The number of carbonyl (C=O) groups is 2. The maximum absolute atomic E-state index is 13.5. The molecule has 0 saturated heterocycles. The number of alkyl halides is 1. The normalized spacial score (nSPS) is 11.7. The van der Waals surface area contributed by atoms with Crippen LogP contribution in [-0.2, 0) is 4.79 Å². The third-order valence-corrected chi connectivity index (χ3v) is 2.90. The number of ether oxygens (including phenoxy) is 2. The lowest BCUT2D eigenvalue weighted by atomic mass is 10.2. The Kier molecular flexibility index (Phi) is 5.28. The minimum atomic E-state index is -1.20. The molecule has 2 rings (SSSR count). The fourth-order valence-electron chi connectivity index (χ4n) is 1.65. The van der Waals surface area contributed by atoms with Crippen molar-refractivity contribution < 1.29 is 27.8 Å². The predicted octanol–water partition coefficient (Wildman–Crippen LogP) is 3.72. The summed E-state index contributed by atoms with van der Waals surface area (Å²) in [7, 11) is 0. The van der Waals surface area contributed by atoms with Crippen molar-refractivity contribution >= 4 is 23.5 Å². The highest BCUT2D eigenvalue weighted by molar-refractivity contribution is 6.29. The maximum atomic E-state index is 13.5. The van der Waals surface area contributed by atoms with Gasteiger partial charge in [0.2, 0.25) is 0 Å². The van der Waals surface area contributed by atoms with E-state index in [4.69, 9.17) is 21.1 Å². The Labute approximate surface area is 135 Å². The summed E-state index contributed by atoms with van der Waals surface area (Å²) in [4.78, 5) is 23.3. The predicted molar refractivity (Wildman–Crippen MR) is 78.7 cm³/mol. The van der Waals surface area contributed by atoms with Gasteiger partial charge in [-0.25, -0.2) is 13.6 Å². The molecule has 0 saturated carbocycles. The lowest BCUT2D eigenvalue weighted by Crippen LogP contribution is -2.17. The van der Waals surface area contributed by atoms with Gasteiger partial charge in [0, 0.05) is 6.07 Å². The van der Waals surface area contributed by atoms with Gasteiger partial charge in [-0.15, -0.1) is 11.6 Å². The molecule has 1 unspecified atom stereocenters. The van der Waals surface area contributed by atoms with E-state index in [2.05, 4.69) is 0 Å². The van der Waals surface area contributed by atoms with E-state index in [0.29, 0.717) is 0 Å². The van der Waals surface area contributed by atoms with Crippen LogP contribution in [-0.4, -0.2) is 17.3 Å². The molecule has 1 atom stereocenters. The minimum absolute atomic E-state index is 0.0369. The Hall–Kier alpha value is -2.47. The van der Waals surface area contributed by atoms with E-state index < -0.39 is 34.5 Å². The minimum Gasteiger partial charge on any atom is -0.425 e. The molecular weight excluding hydrogens is 330 g/mol. The van der Waals surface area contributed by atoms with Gasteiger partial charge < -0.3 is 9.47 Å². The van der Waals surface area contributed by atoms with Gasteiger partial charge in [-0.3, -0.25) is 4.79 Å². The standard InChI is InChI=1S/C16H11ClF2O4/c1-9(17)15(20)22-10-4-2-5-11(8-10)23-16(21)14-12(18)6-3-7-13(14)19/h2-9H,1H3. The number of hydrogen-bond acceptors (Lipinski definition) is 4. The van der Waals surface area contributed by atoms with Crippen molar-refractivity contribution in [3.63, 3.8) is 0 Å². The molecule has 0 radical (unpaired) electrons. The van der Waals surface area contributed by atoms with E-state index >= 15 is 0 Å². The van der Waals surface area contributed by atoms with Gasteiger partial charge in [-0.05, 0) is 31.2 Å². The van der Waals surface area contributed by atoms with Gasteiger partial charge in [0.1, 0.15) is 34.1 Å². The summed E-state index contributed by atoms with van der Waals surface area (Å²) in [5.74, 6) is -3.90. The van der Waals surface area contributed by atoms with E-state index in [0.717, 1.165) is 18.2 Å². The van der Waals surface area contributed by atoms with Crippen molar-refractivity contribution in [3.8, 4) is 11.5 Å². The summed E-state index contributed by atoms with van der Waals surface area (Å²) >= 11 is 5.57. The summed E-state index contributed by atoms with van der Waals surface area (Å²) in [6, 6.07) is 8.51. The Morgan fingerprint density at radius 3 is 2.09 bits per heavy atom. The molecule has 0 amide bonds. The molecule has 0 bridgehead atoms. The van der Waals surface area contributed by atoms with Crippen LogP contribution in [0.25, 0.3) is 0 Å².